The molecule has 2 aromatic carbocycles. The summed E-state index contributed by atoms with van der Waals surface area (Å²) in [6.07, 6.45) is 14.0. The van der Waals surface area contributed by atoms with Crippen molar-refractivity contribution in [2.24, 2.45) is 11.8 Å². The molecule has 2 aromatic rings. The number of nitrogens with one attached hydrogen (secondary N) is 1. The van der Waals surface area contributed by atoms with Crippen molar-refractivity contribution in [3.05, 3.63) is 53.1 Å². The van der Waals surface area contributed by atoms with E-state index in [2.05, 4.69) is 20.0 Å². The first-order valence-corrected chi connectivity index (χ1v) is 22.2. The molecule has 11 heteroatoms. The average molecular weight is 785 g/mol. The lowest BCUT2D eigenvalue weighted by Gasteiger charge is -2.34. The Bertz CT molecular complexity index is 1660. The van der Waals surface area contributed by atoms with Crippen LogP contribution in [0.5, 0.6) is 5.75 Å². The van der Waals surface area contributed by atoms with Crippen LogP contribution in [0.15, 0.2) is 36.4 Å². The minimum atomic E-state index is -0.712. The van der Waals surface area contributed by atoms with Crippen molar-refractivity contribution in [2.45, 2.75) is 103 Å². The Hall–Kier alpha value is -3.67. The molecule has 0 spiro atoms. The van der Waals surface area contributed by atoms with Gasteiger partial charge in [0.25, 0.3) is 11.8 Å². The van der Waals surface area contributed by atoms with E-state index in [9.17, 15) is 14.4 Å². The van der Waals surface area contributed by atoms with Crippen LogP contribution in [0.1, 0.15) is 129 Å². The van der Waals surface area contributed by atoms with E-state index in [1.807, 2.05) is 54.8 Å². The largest absolute Gasteiger partial charge is 0.478 e. The van der Waals surface area contributed by atoms with Crippen LogP contribution in [0.25, 0.3) is 0 Å². The molecule has 11 nitrogen and oxygen atoms in total. The number of carbonyl (C=O) groups excluding carboxylic acids is 3. The molecule has 2 amide bonds. The number of likely N-dealkylation sites (tertiary alicyclic amines) is 5. The molecule has 57 heavy (non-hydrogen) atoms. The van der Waals surface area contributed by atoms with Crippen LogP contribution in [0.2, 0.25) is 0 Å². The van der Waals surface area contributed by atoms with E-state index in [0.717, 1.165) is 77.8 Å². The van der Waals surface area contributed by atoms with Gasteiger partial charge in [-0.05, 0) is 185 Å². The number of piperidine rings is 2. The van der Waals surface area contributed by atoms with Gasteiger partial charge in [-0.1, -0.05) is 0 Å². The molecule has 0 radical (unpaired) electrons. The first-order valence-electron chi connectivity index (χ1n) is 22.2. The van der Waals surface area contributed by atoms with E-state index in [-0.39, 0.29) is 11.8 Å². The smallest absolute Gasteiger partial charge is 0.340 e. The Morgan fingerprint density at radius 1 is 0.614 bits per heavy atom. The van der Waals surface area contributed by atoms with Crippen molar-refractivity contribution >= 4 is 29.2 Å². The molecule has 5 saturated heterocycles. The highest BCUT2D eigenvalue weighted by Crippen LogP contribution is 2.33. The Labute approximate surface area is 341 Å². The van der Waals surface area contributed by atoms with Crippen LogP contribution in [-0.2, 0) is 4.74 Å². The Balaban J connectivity index is 1.09. The van der Waals surface area contributed by atoms with Gasteiger partial charge in [-0.15, -0.1) is 0 Å². The van der Waals surface area contributed by atoms with Crippen LogP contribution in [0, 0.1) is 11.8 Å². The molecule has 7 rings (SSSR count). The summed E-state index contributed by atoms with van der Waals surface area (Å²) >= 11 is 0. The number of amides is 2. The van der Waals surface area contributed by atoms with Gasteiger partial charge in [0.2, 0.25) is 0 Å². The van der Waals surface area contributed by atoms with Crippen LogP contribution in [0.4, 0.5) is 11.4 Å². The van der Waals surface area contributed by atoms with Crippen LogP contribution < -0.4 is 10.1 Å². The Morgan fingerprint density at radius 2 is 1.14 bits per heavy atom. The van der Waals surface area contributed by atoms with Crippen molar-refractivity contribution in [3.8, 4) is 5.75 Å². The minimum Gasteiger partial charge on any atom is -0.478 e. The lowest BCUT2D eigenvalue weighted by Crippen LogP contribution is -2.40. The molecular weight excluding hydrogens is 717 g/mol. The SMILES string of the molecule is CC(C)(C)OC(=O)c1cc(OCN2CCCC2)ccc1Nc1cc(C(=O)N2CCC(CCN3CCCC3)CC2)ccc1C(=O)N1CCC(CCN2CCCC2)CC1. The second-order valence-corrected chi connectivity index (χ2v) is 18.3. The van der Waals surface area contributed by atoms with Crippen LogP contribution in [-0.4, -0.2) is 133 Å². The van der Waals surface area contributed by atoms with Gasteiger partial charge < -0.3 is 34.4 Å². The highest BCUT2D eigenvalue weighted by atomic mass is 16.6. The quantitative estimate of drug-likeness (QED) is 0.196. The molecule has 0 unspecified atom stereocenters. The van der Waals surface area contributed by atoms with Gasteiger partial charge in [-0.3, -0.25) is 14.5 Å². The fourth-order valence-corrected chi connectivity index (χ4v) is 9.36. The number of hydrogen-bond acceptors (Lipinski definition) is 9. The molecule has 0 saturated carbocycles. The first kappa shape index (κ1) is 41.5. The molecule has 5 aliphatic rings. The number of esters is 1. The number of benzene rings is 2. The predicted molar refractivity (Wildman–Crippen MR) is 225 cm³/mol. The summed E-state index contributed by atoms with van der Waals surface area (Å²) in [4.78, 5) is 53.6. The van der Waals surface area contributed by atoms with Gasteiger partial charge in [0.05, 0.1) is 22.5 Å². The number of anilines is 2. The normalized spacial score (nSPS) is 20.7. The summed E-state index contributed by atoms with van der Waals surface area (Å²) in [6, 6.07) is 10.8. The summed E-state index contributed by atoms with van der Waals surface area (Å²) in [6.45, 7) is 18.1. The number of rotatable bonds is 14. The fraction of sp³-hybridized carbons (Fsp3) is 0.674. The number of nitrogens with zero attached hydrogens (tertiary/aromatic N) is 5. The monoisotopic (exact) mass is 785 g/mol. The van der Waals surface area contributed by atoms with Crippen molar-refractivity contribution in [2.75, 3.05) is 90.6 Å². The zero-order valence-corrected chi connectivity index (χ0v) is 35.1. The van der Waals surface area contributed by atoms with E-state index < -0.39 is 11.6 Å². The van der Waals surface area contributed by atoms with Crippen molar-refractivity contribution < 1.29 is 23.9 Å². The van der Waals surface area contributed by atoms with Crippen molar-refractivity contribution in [1.82, 2.24) is 24.5 Å². The van der Waals surface area contributed by atoms with E-state index >= 15 is 0 Å². The van der Waals surface area contributed by atoms with Gasteiger partial charge in [0, 0.05) is 44.8 Å². The van der Waals surface area contributed by atoms with Gasteiger partial charge in [-0.2, -0.15) is 0 Å². The maximum absolute atomic E-state index is 14.4. The predicted octanol–water partition coefficient (Wildman–Crippen LogP) is 7.49. The lowest BCUT2D eigenvalue weighted by atomic mass is 9.92. The average Bonchev–Trinajstić information content (AvgIpc) is 4.04. The summed E-state index contributed by atoms with van der Waals surface area (Å²) < 4.78 is 12.0. The number of hydrogen-bond donors (Lipinski definition) is 1. The van der Waals surface area contributed by atoms with Gasteiger partial charge in [0.15, 0.2) is 0 Å². The zero-order valence-electron chi connectivity index (χ0n) is 35.1. The molecule has 312 valence electrons. The molecule has 0 aromatic heterocycles. The summed E-state index contributed by atoms with van der Waals surface area (Å²) in [5.41, 5.74) is 1.64. The molecule has 5 heterocycles. The third-order valence-corrected chi connectivity index (χ3v) is 12.9. The second-order valence-electron chi connectivity index (χ2n) is 18.3. The number of ether oxygens (including phenoxy) is 2. The number of carbonyl (C=O) groups is 3. The van der Waals surface area contributed by atoms with E-state index in [1.165, 1.54) is 64.7 Å². The highest BCUT2D eigenvalue weighted by molar-refractivity contribution is 6.05. The van der Waals surface area contributed by atoms with E-state index in [0.29, 0.717) is 65.5 Å². The summed E-state index contributed by atoms with van der Waals surface area (Å²) in [5, 5.41) is 3.47. The first-order chi connectivity index (χ1) is 27.6. The van der Waals surface area contributed by atoms with Crippen molar-refractivity contribution in [3.63, 3.8) is 0 Å². The Kier molecular flexibility index (Phi) is 14.1. The molecule has 0 aliphatic carbocycles. The molecule has 5 fully saturated rings. The summed E-state index contributed by atoms with van der Waals surface area (Å²) in [7, 11) is 0. The standard InChI is InChI=1S/C46H68N6O5/c1-46(2,3)57-45(55)40-33-38(56-34-50-24-8-9-25-50)11-13-41(40)47-42-32-37(43(53)51-28-16-35(17-29-51)14-26-48-20-4-5-21-48)10-12-39(42)44(54)52-30-18-36(19-31-52)15-27-49-22-6-7-23-49/h10-13,32-33,35-36,47H,4-9,14-31,34H2,1-3H3. The second kappa shape index (κ2) is 19.4. The van der Waals surface area contributed by atoms with Gasteiger partial charge in [0.1, 0.15) is 18.1 Å². The maximum Gasteiger partial charge on any atom is 0.340 e. The van der Waals surface area contributed by atoms with Gasteiger partial charge >= 0.3 is 5.97 Å². The van der Waals surface area contributed by atoms with Crippen LogP contribution in [0.3, 0.4) is 0 Å². The third kappa shape index (κ3) is 11.5. The Morgan fingerprint density at radius 3 is 1.68 bits per heavy atom. The fourth-order valence-electron chi connectivity index (χ4n) is 9.36. The van der Waals surface area contributed by atoms with E-state index in [1.54, 1.807) is 12.1 Å². The highest BCUT2D eigenvalue weighted by Gasteiger charge is 2.30. The molecule has 1 N–H and O–H groups in total. The van der Waals surface area contributed by atoms with Gasteiger partial charge in [-0.25, -0.2) is 4.79 Å². The minimum absolute atomic E-state index is 0.0214. The zero-order chi connectivity index (χ0) is 39.8. The molecular formula is C46H68N6O5. The van der Waals surface area contributed by atoms with Crippen molar-refractivity contribution in [1.29, 1.82) is 0 Å². The lowest BCUT2D eigenvalue weighted by molar-refractivity contribution is 0.00697. The van der Waals surface area contributed by atoms with E-state index in [4.69, 9.17) is 9.47 Å². The maximum atomic E-state index is 14.4. The topological polar surface area (TPSA) is 97.9 Å². The molecule has 5 aliphatic heterocycles. The molecule has 0 bridgehead atoms. The van der Waals surface area contributed by atoms with Crippen LogP contribution >= 0.6 is 0 Å². The molecule has 0 atom stereocenters. The summed E-state index contributed by atoms with van der Waals surface area (Å²) in [5.74, 6) is 1.28. The third-order valence-electron chi connectivity index (χ3n) is 12.9.